The zero-order chi connectivity index (χ0) is 19.5. The van der Waals surface area contributed by atoms with E-state index >= 15 is 0 Å². The molecule has 1 fully saturated rings. The summed E-state index contributed by atoms with van der Waals surface area (Å²) < 4.78 is 15.7. The molecule has 2 N–H and O–H groups in total. The van der Waals surface area contributed by atoms with E-state index in [2.05, 4.69) is 10.6 Å². The zero-order valence-corrected chi connectivity index (χ0v) is 15.0. The Kier molecular flexibility index (Phi) is 4.88. The van der Waals surface area contributed by atoms with Gasteiger partial charge in [0.15, 0.2) is 11.5 Å². The first-order valence-corrected chi connectivity index (χ1v) is 8.89. The van der Waals surface area contributed by atoms with Crippen molar-refractivity contribution >= 4 is 17.8 Å². The van der Waals surface area contributed by atoms with Gasteiger partial charge in [-0.1, -0.05) is 6.07 Å². The first kappa shape index (κ1) is 17.9. The fraction of sp³-hybridized carbons (Fsp3) is 0.316. The molecule has 0 aliphatic carbocycles. The maximum absolute atomic E-state index is 12.4. The molecule has 2 aromatic rings. The number of benzene rings is 1. The maximum Gasteiger partial charge on any atom is 0.325 e. The van der Waals surface area contributed by atoms with Crippen molar-refractivity contribution < 1.29 is 28.3 Å². The number of furan rings is 1. The van der Waals surface area contributed by atoms with Gasteiger partial charge in [-0.05, 0) is 36.2 Å². The number of hydrogen-bond acceptors (Lipinski definition) is 6. The number of nitrogens with one attached hydrogen (secondary N) is 2. The van der Waals surface area contributed by atoms with E-state index in [0.717, 1.165) is 10.5 Å². The molecule has 0 saturated carbocycles. The van der Waals surface area contributed by atoms with Gasteiger partial charge in [-0.15, -0.1) is 0 Å². The molecule has 1 saturated heterocycles. The van der Waals surface area contributed by atoms with Crippen LogP contribution in [0.2, 0.25) is 0 Å². The van der Waals surface area contributed by atoms with E-state index in [4.69, 9.17) is 13.9 Å². The number of carbonyl (C=O) groups is 3. The summed E-state index contributed by atoms with van der Waals surface area (Å²) in [5.74, 6) is 1.30. The second kappa shape index (κ2) is 7.63. The summed E-state index contributed by atoms with van der Waals surface area (Å²) in [6.45, 7) is 0.610. The van der Waals surface area contributed by atoms with Crippen molar-refractivity contribution in [3.8, 4) is 11.5 Å². The van der Waals surface area contributed by atoms with Crippen LogP contribution in [0.5, 0.6) is 11.5 Å². The second-order valence-corrected chi connectivity index (χ2v) is 6.51. The van der Waals surface area contributed by atoms with Crippen molar-refractivity contribution in [3.63, 3.8) is 0 Å². The third-order valence-electron chi connectivity index (χ3n) is 4.59. The molecule has 146 valence electrons. The van der Waals surface area contributed by atoms with Crippen LogP contribution in [0.4, 0.5) is 4.79 Å². The Hall–Kier alpha value is -3.49. The monoisotopic (exact) mass is 385 g/mol. The molecule has 0 spiro atoms. The van der Waals surface area contributed by atoms with Crippen LogP contribution in [0.25, 0.3) is 0 Å². The first-order valence-electron chi connectivity index (χ1n) is 8.89. The number of fused-ring (bicyclic) bond motifs is 1. The van der Waals surface area contributed by atoms with Crippen LogP contribution in [0.1, 0.15) is 24.2 Å². The normalized spacial score (nSPS) is 17.7. The molecule has 4 amide bonds. The molecule has 2 aliphatic heterocycles. The smallest absolute Gasteiger partial charge is 0.325 e. The SMILES string of the molecule is O=C(CC[C@H]1NC(=O)N(Cc2ccco2)C1=O)NCc1ccc2c(c1)OCO2. The Morgan fingerprint density at radius 3 is 2.89 bits per heavy atom. The van der Waals surface area contributed by atoms with Gasteiger partial charge >= 0.3 is 6.03 Å². The van der Waals surface area contributed by atoms with E-state index in [9.17, 15) is 14.4 Å². The Morgan fingerprint density at radius 2 is 2.07 bits per heavy atom. The lowest BCUT2D eigenvalue weighted by molar-refractivity contribution is -0.128. The number of carbonyl (C=O) groups excluding carboxylic acids is 3. The third-order valence-corrected chi connectivity index (χ3v) is 4.59. The topological polar surface area (TPSA) is 110 Å². The quantitative estimate of drug-likeness (QED) is 0.700. The van der Waals surface area contributed by atoms with E-state index in [-0.39, 0.29) is 38.0 Å². The number of nitrogens with zero attached hydrogens (tertiary/aromatic N) is 1. The molecular formula is C19H19N3O6. The summed E-state index contributed by atoms with van der Waals surface area (Å²) in [4.78, 5) is 37.6. The molecule has 9 heteroatoms. The summed E-state index contributed by atoms with van der Waals surface area (Å²) in [6.07, 6.45) is 1.83. The largest absolute Gasteiger partial charge is 0.467 e. The van der Waals surface area contributed by atoms with Gasteiger partial charge in [0.25, 0.3) is 5.91 Å². The Balaban J connectivity index is 1.24. The van der Waals surface area contributed by atoms with Gasteiger partial charge in [-0.25, -0.2) is 4.79 Å². The van der Waals surface area contributed by atoms with Crippen molar-refractivity contribution in [2.24, 2.45) is 0 Å². The van der Waals surface area contributed by atoms with Crippen LogP contribution >= 0.6 is 0 Å². The van der Waals surface area contributed by atoms with Gasteiger partial charge in [-0.2, -0.15) is 0 Å². The minimum atomic E-state index is -0.709. The average Bonchev–Trinajstić information content (AvgIpc) is 3.42. The first-order chi connectivity index (χ1) is 13.6. The highest BCUT2D eigenvalue weighted by molar-refractivity contribution is 6.04. The molecule has 1 aromatic carbocycles. The van der Waals surface area contributed by atoms with Crippen molar-refractivity contribution in [2.75, 3.05) is 6.79 Å². The van der Waals surface area contributed by atoms with E-state index < -0.39 is 12.1 Å². The van der Waals surface area contributed by atoms with Gasteiger partial charge in [-0.3, -0.25) is 14.5 Å². The average molecular weight is 385 g/mol. The zero-order valence-electron chi connectivity index (χ0n) is 15.0. The Bertz CT molecular complexity index is 895. The number of rotatable bonds is 7. The van der Waals surface area contributed by atoms with E-state index in [0.29, 0.717) is 23.8 Å². The van der Waals surface area contributed by atoms with Crippen molar-refractivity contribution in [2.45, 2.75) is 32.0 Å². The fourth-order valence-electron chi connectivity index (χ4n) is 3.10. The van der Waals surface area contributed by atoms with Gasteiger partial charge in [0.2, 0.25) is 12.7 Å². The highest BCUT2D eigenvalue weighted by Crippen LogP contribution is 2.32. The number of urea groups is 1. The van der Waals surface area contributed by atoms with Crippen molar-refractivity contribution in [1.29, 1.82) is 0 Å². The molecule has 4 rings (SSSR count). The predicted molar refractivity (Wildman–Crippen MR) is 95.2 cm³/mol. The van der Waals surface area contributed by atoms with Crippen molar-refractivity contribution in [1.82, 2.24) is 15.5 Å². The van der Waals surface area contributed by atoms with Gasteiger partial charge in [0, 0.05) is 13.0 Å². The third kappa shape index (κ3) is 3.78. The fourth-order valence-corrected chi connectivity index (χ4v) is 3.10. The lowest BCUT2D eigenvalue weighted by atomic mass is 10.1. The summed E-state index contributed by atoms with van der Waals surface area (Å²) in [5, 5.41) is 5.41. The lowest BCUT2D eigenvalue weighted by Crippen LogP contribution is -2.32. The van der Waals surface area contributed by atoms with Crippen LogP contribution in [-0.2, 0) is 22.7 Å². The Morgan fingerprint density at radius 1 is 1.21 bits per heavy atom. The molecular weight excluding hydrogens is 366 g/mol. The molecule has 1 atom stereocenters. The van der Waals surface area contributed by atoms with Gasteiger partial charge in [0.1, 0.15) is 11.8 Å². The van der Waals surface area contributed by atoms with Gasteiger partial charge in [0.05, 0.1) is 12.8 Å². The summed E-state index contributed by atoms with van der Waals surface area (Å²) in [5.41, 5.74) is 0.882. The van der Waals surface area contributed by atoms with Crippen LogP contribution in [0.15, 0.2) is 41.0 Å². The summed E-state index contributed by atoms with van der Waals surface area (Å²) in [7, 11) is 0. The minimum Gasteiger partial charge on any atom is -0.467 e. The summed E-state index contributed by atoms with van der Waals surface area (Å²) in [6, 6.07) is 7.65. The molecule has 9 nitrogen and oxygen atoms in total. The standard InChI is InChI=1S/C19H19N3O6/c23-17(20-9-12-3-5-15-16(8-12)28-11-27-15)6-4-14-18(24)22(19(25)21-14)10-13-2-1-7-26-13/h1-3,5,7-8,14H,4,6,9-11H2,(H,20,23)(H,21,25)/t14-/m1/s1. The maximum atomic E-state index is 12.4. The highest BCUT2D eigenvalue weighted by atomic mass is 16.7. The van der Waals surface area contributed by atoms with Crippen LogP contribution in [0.3, 0.4) is 0 Å². The van der Waals surface area contributed by atoms with Crippen LogP contribution < -0.4 is 20.1 Å². The number of ether oxygens (including phenoxy) is 2. The summed E-state index contributed by atoms with van der Waals surface area (Å²) >= 11 is 0. The van der Waals surface area contributed by atoms with E-state index in [1.54, 1.807) is 18.2 Å². The Labute approximate surface area is 160 Å². The molecule has 2 aliphatic rings. The van der Waals surface area contributed by atoms with Gasteiger partial charge < -0.3 is 24.5 Å². The van der Waals surface area contributed by atoms with E-state index in [1.807, 2.05) is 12.1 Å². The molecule has 3 heterocycles. The molecule has 0 unspecified atom stereocenters. The lowest BCUT2D eigenvalue weighted by Gasteiger charge is -2.11. The molecule has 0 bridgehead atoms. The van der Waals surface area contributed by atoms with Crippen LogP contribution in [0, 0.1) is 0 Å². The highest BCUT2D eigenvalue weighted by Gasteiger charge is 2.38. The molecule has 0 radical (unpaired) electrons. The van der Waals surface area contributed by atoms with E-state index in [1.165, 1.54) is 6.26 Å². The number of amides is 4. The van der Waals surface area contributed by atoms with Crippen LogP contribution in [-0.4, -0.2) is 35.6 Å². The van der Waals surface area contributed by atoms with Crippen molar-refractivity contribution in [3.05, 3.63) is 47.9 Å². The number of hydrogen-bond donors (Lipinski definition) is 2. The molecule has 1 aromatic heterocycles. The number of imide groups is 1. The minimum absolute atomic E-state index is 0.0739. The molecule has 28 heavy (non-hydrogen) atoms. The predicted octanol–water partition coefficient (Wildman–Crippen LogP) is 1.53. The second-order valence-electron chi connectivity index (χ2n) is 6.51.